The third-order valence-corrected chi connectivity index (χ3v) is 4.23. The fourth-order valence-corrected chi connectivity index (χ4v) is 2.77. The minimum atomic E-state index is -0.385. The van der Waals surface area contributed by atoms with Crippen molar-refractivity contribution in [2.45, 2.75) is 77.2 Å². The van der Waals surface area contributed by atoms with Crippen LogP contribution in [0.15, 0.2) is 30.3 Å². The van der Waals surface area contributed by atoms with Gasteiger partial charge in [0.2, 0.25) is 0 Å². The molecule has 0 saturated carbocycles. The van der Waals surface area contributed by atoms with Crippen molar-refractivity contribution in [2.24, 2.45) is 0 Å². The second kappa shape index (κ2) is 13.8. The lowest BCUT2D eigenvalue weighted by Crippen LogP contribution is -2.22. The maximum absolute atomic E-state index is 10.0. The monoisotopic (exact) mass is 305 g/mol. The fraction of sp³-hybridized carbons (Fsp3) is 0.700. The molecular weight excluding hydrogens is 270 g/mol. The number of unbranched alkanes of at least 4 members (excludes halogenated alkanes) is 9. The van der Waals surface area contributed by atoms with Crippen molar-refractivity contribution in [1.82, 2.24) is 5.32 Å². The Morgan fingerprint density at radius 1 is 0.818 bits per heavy atom. The zero-order valence-corrected chi connectivity index (χ0v) is 14.4. The van der Waals surface area contributed by atoms with Gasteiger partial charge in [0.05, 0.1) is 6.10 Å². The van der Waals surface area contributed by atoms with Crippen LogP contribution in [0.4, 0.5) is 0 Å². The number of rotatable bonds is 14. The molecule has 0 heterocycles. The maximum Gasteiger partial charge on any atom is 0.0914 e. The smallest absolute Gasteiger partial charge is 0.0914 e. The summed E-state index contributed by atoms with van der Waals surface area (Å²) in [5, 5.41) is 13.4. The number of aliphatic hydroxyl groups is 1. The van der Waals surface area contributed by atoms with Crippen LogP contribution in [0.2, 0.25) is 0 Å². The predicted octanol–water partition coefficient (Wildman–Crippen LogP) is 5.23. The average molecular weight is 306 g/mol. The lowest BCUT2D eigenvalue weighted by atomic mass is 10.1. The van der Waals surface area contributed by atoms with Crippen LogP contribution in [0.25, 0.3) is 0 Å². The first kappa shape index (κ1) is 19.2. The van der Waals surface area contributed by atoms with Gasteiger partial charge >= 0.3 is 0 Å². The minimum absolute atomic E-state index is 0.385. The molecule has 22 heavy (non-hydrogen) atoms. The SMILES string of the molecule is CCCCCCCCCCCCNCC(O)c1ccccc1. The van der Waals surface area contributed by atoms with E-state index in [1.54, 1.807) is 0 Å². The molecule has 2 N–H and O–H groups in total. The van der Waals surface area contributed by atoms with Gasteiger partial charge in [-0.3, -0.25) is 0 Å². The van der Waals surface area contributed by atoms with Gasteiger partial charge in [0, 0.05) is 6.54 Å². The lowest BCUT2D eigenvalue weighted by Gasteiger charge is -2.12. The molecule has 0 aliphatic rings. The molecule has 1 atom stereocenters. The largest absolute Gasteiger partial charge is 0.387 e. The summed E-state index contributed by atoms with van der Waals surface area (Å²) in [7, 11) is 0. The lowest BCUT2D eigenvalue weighted by molar-refractivity contribution is 0.174. The molecule has 2 nitrogen and oxygen atoms in total. The zero-order chi connectivity index (χ0) is 15.9. The Kier molecular flexibility index (Phi) is 12.0. The van der Waals surface area contributed by atoms with Crippen molar-refractivity contribution >= 4 is 0 Å². The first-order valence-corrected chi connectivity index (χ1v) is 9.28. The summed E-state index contributed by atoms with van der Waals surface area (Å²) in [6, 6.07) is 9.88. The van der Waals surface area contributed by atoms with E-state index in [1.807, 2.05) is 30.3 Å². The summed E-state index contributed by atoms with van der Waals surface area (Å²) in [6.07, 6.45) is 13.3. The highest BCUT2D eigenvalue weighted by Crippen LogP contribution is 2.11. The van der Waals surface area contributed by atoms with Crippen molar-refractivity contribution in [1.29, 1.82) is 0 Å². The maximum atomic E-state index is 10.0. The molecule has 0 saturated heterocycles. The third kappa shape index (κ3) is 9.97. The Labute approximate surface area is 137 Å². The molecule has 0 aliphatic carbocycles. The number of nitrogens with one attached hydrogen (secondary N) is 1. The molecule has 0 amide bonds. The number of aliphatic hydroxyl groups excluding tert-OH is 1. The molecule has 1 rings (SSSR count). The van der Waals surface area contributed by atoms with Crippen molar-refractivity contribution in [3.63, 3.8) is 0 Å². The van der Waals surface area contributed by atoms with E-state index >= 15 is 0 Å². The third-order valence-electron chi connectivity index (χ3n) is 4.23. The van der Waals surface area contributed by atoms with Crippen molar-refractivity contribution in [2.75, 3.05) is 13.1 Å². The van der Waals surface area contributed by atoms with Gasteiger partial charge in [-0.1, -0.05) is 95.0 Å². The number of hydrogen-bond donors (Lipinski definition) is 2. The Hall–Kier alpha value is -0.860. The molecule has 0 fully saturated rings. The summed E-state index contributed by atoms with van der Waals surface area (Å²) < 4.78 is 0. The quantitative estimate of drug-likeness (QED) is 0.461. The van der Waals surface area contributed by atoms with Crippen LogP contribution in [0.3, 0.4) is 0 Å². The molecule has 126 valence electrons. The van der Waals surface area contributed by atoms with Gasteiger partial charge in [0.15, 0.2) is 0 Å². The van der Waals surface area contributed by atoms with Crippen molar-refractivity contribution in [3.8, 4) is 0 Å². The van der Waals surface area contributed by atoms with Crippen molar-refractivity contribution < 1.29 is 5.11 Å². The van der Waals surface area contributed by atoms with Gasteiger partial charge in [-0.2, -0.15) is 0 Å². The standard InChI is InChI=1S/C20H35NO/c1-2-3-4-5-6-7-8-9-10-14-17-21-18-20(22)19-15-12-11-13-16-19/h11-13,15-16,20-22H,2-10,14,17-18H2,1H3. The molecule has 0 radical (unpaired) electrons. The average Bonchev–Trinajstić information content (AvgIpc) is 2.56. The van der Waals surface area contributed by atoms with E-state index in [4.69, 9.17) is 0 Å². The van der Waals surface area contributed by atoms with Crippen LogP contribution >= 0.6 is 0 Å². The first-order chi connectivity index (χ1) is 10.8. The Morgan fingerprint density at radius 2 is 1.36 bits per heavy atom. The molecule has 1 aromatic rings. The van der Waals surface area contributed by atoms with E-state index in [9.17, 15) is 5.11 Å². The molecule has 2 heteroatoms. The predicted molar refractivity (Wildman–Crippen MR) is 96.1 cm³/mol. The molecule has 0 spiro atoms. The Morgan fingerprint density at radius 3 is 1.95 bits per heavy atom. The number of hydrogen-bond acceptors (Lipinski definition) is 2. The molecular formula is C20H35NO. The summed E-state index contributed by atoms with van der Waals surface area (Å²) in [5.41, 5.74) is 0.998. The van der Waals surface area contributed by atoms with E-state index in [-0.39, 0.29) is 6.10 Å². The van der Waals surface area contributed by atoms with Gasteiger partial charge in [-0.15, -0.1) is 0 Å². The van der Waals surface area contributed by atoms with Crippen molar-refractivity contribution in [3.05, 3.63) is 35.9 Å². The van der Waals surface area contributed by atoms with E-state index in [2.05, 4.69) is 12.2 Å². The van der Waals surface area contributed by atoms with Gasteiger partial charge in [0.1, 0.15) is 0 Å². The highest BCUT2D eigenvalue weighted by molar-refractivity contribution is 5.17. The normalized spacial score (nSPS) is 12.5. The minimum Gasteiger partial charge on any atom is -0.387 e. The highest BCUT2D eigenvalue weighted by Gasteiger charge is 2.05. The van der Waals surface area contributed by atoms with Gasteiger partial charge in [0.25, 0.3) is 0 Å². The van der Waals surface area contributed by atoms with Crippen LogP contribution in [-0.4, -0.2) is 18.2 Å². The van der Waals surface area contributed by atoms with E-state index in [1.165, 1.54) is 64.2 Å². The van der Waals surface area contributed by atoms with Crippen LogP contribution in [0.1, 0.15) is 82.8 Å². The van der Waals surface area contributed by atoms with E-state index < -0.39 is 0 Å². The summed E-state index contributed by atoms with van der Waals surface area (Å²) in [6.45, 7) is 3.94. The highest BCUT2D eigenvalue weighted by atomic mass is 16.3. The summed E-state index contributed by atoms with van der Waals surface area (Å²) >= 11 is 0. The molecule has 1 aromatic carbocycles. The molecule has 0 aliphatic heterocycles. The van der Waals surface area contributed by atoms with Crippen LogP contribution in [0.5, 0.6) is 0 Å². The van der Waals surface area contributed by atoms with Gasteiger partial charge < -0.3 is 10.4 Å². The Bertz CT molecular complexity index is 339. The first-order valence-electron chi connectivity index (χ1n) is 9.28. The fourth-order valence-electron chi connectivity index (χ4n) is 2.77. The van der Waals surface area contributed by atoms with E-state index in [0.29, 0.717) is 6.54 Å². The molecule has 0 aromatic heterocycles. The van der Waals surface area contributed by atoms with Gasteiger partial charge in [-0.05, 0) is 18.5 Å². The topological polar surface area (TPSA) is 32.3 Å². The second-order valence-corrected chi connectivity index (χ2v) is 6.31. The molecule has 0 bridgehead atoms. The molecule has 1 unspecified atom stereocenters. The summed E-state index contributed by atoms with van der Waals surface area (Å²) in [4.78, 5) is 0. The van der Waals surface area contributed by atoms with Crippen LogP contribution in [0, 0.1) is 0 Å². The Balaban J connectivity index is 1.84. The summed E-state index contributed by atoms with van der Waals surface area (Å²) in [5.74, 6) is 0. The second-order valence-electron chi connectivity index (χ2n) is 6.31. The number of benzene rings is 1. The van der Waals surface area contributed by atoms with Crippen LogP contribution < -0.4 is 5.32 Å². The van der Waals surface area contributed by atoms with E-state index in [0.717, 1.165) is 12.1 Å². The van der Waals surface area contributed by atoms with Crippen LogP contribution in [-0.2, 0) is 0 Å². The zero-order valence-electron chi connectivity index (χ0n) is 14.4. The van der Waals surface area contributed by atoms with Gasteiger partial charge in [-0.25, -0.2) is 0 Å².